The Balaban J connectivity index is 2.85. The molecule has 0 amide bonds. The average molecular weight is 240 g/mol. The summed E-state index contributed by atoms with van der Waals surface area (Å²) in [6, 6.07) is 1.48. The van der Waals surface area contributed by atoms with Crippen molar-refractivity contribution < 1.29 is 9.90 Å². The van der Waals surface area contributed by atoms with Crippen LogP contribution in [0.5, 0.6) is 0 Å². The van der Waals surface area contributed by atoms with Gasteiger partial charge in [-0.25, -0.2) is 14.8 Å². The highest BCUT2D eigenvalue weighted by Gasteiger charge is 2.13. The Morgan fingerprint density at radius 2 is 2.06 bits per heavy atom. The summed E-state index contributed by atoms with van der Waals surface area (Å²) in [4.78, 5) is 19.0. The van der Waals surface area contributed by atoms with Gasteiger partial charge in [-0.05, 0) is 13.0 Å². The fraction of sp³-hybridized carbons (Fsp3) is 0.545. The lowest BCUT2D eigenvalue weighted by molar-refractivity contribution is 0.0689. The van der Waals surface area contributed by atoms with E-state index in [4.69, 9.17) is 5.11 Å². The predicted molar refractivity (Wildman–Crippen MR) is 64.8 cm³/mol. The largest absolute Gasteiger partial charge is 0.477 e. The van der Waals surface area contributed by atoms with Crippen LogP contribution in [0, 0.1) is 6.92 Å². The van der Waals surface area contributed by atoms with Crippen molar-refractivity contribution in [2.45, 2.75) is 38.2 Å². The summed E-state index contributed by atoms with van der Waals surface area (Å²) < 4.78 is 0.122. The topological polar surface area (TPSA) is 63.1 Å². The SMILES string of the molecule is Cc1cc(C(=O)O)nc(CSC(C)(C)C)n1. The van der Waals surface area contributed by atoms with E-state index < -0.39 is 5.97 Å². The molecule has 0 aromatic carbocycles. The fourth-order valence-corrected chi connectivity index (χ4v) is 1.78. The lowest BCUT2D eigenvalue weighted by atomic mass is 10.3. The maximum absolute atomic E-state index is 10.8. The minimum absolute atomic E-state index is 0.0667. The number of aromatic nitrogens is 2. The van der Waals surface area contributed by atoms with Gasteiger partial charge >= 0.3 is 5.97 Å². The first kappa shape index (κ1) is 13.0. The van der Waals surface area contributed by atoms with Gasteiger partial charge in [0.1, 0.15) is 5.82 Å². The van der Waals surface area contributed by atoms with Crippen LogP contribution in [0.1, 0.15) is 42.8 Å². The molecule has 0 aliphatic heterocycles. The second-order valence-corrected chi connectivity index (χ2v) is 6.32. The molecular weight excluding hydrogens is 224 g/mol. The van der Waals surface area contributed by atoms with Crippen molar-refractivity contribution in [3.05, 3.63) is 23.3 Å². The Bertz CT molecular complexity index is 399. The second kappa shape index (κ2) is 4.82. The molecule has 0 unspecified atom stereocenters. The Labute approximate surface area is 99.5 Å². The third-order valence-electron chi connectivity index (χ3n) is 1.75. The van der Waals surface area contributed by atoms with Gasteiger partial charge < -0.3 is 5.11 Å². The first-order chi connectivity index (χ1) is 7.28. The number of aryl methyl sites for hydroxylation is 1. The first-order valence-corrected chi connectivity index (χ1v) is 5.98. The van der Waals surface area contributed by atoms with Crippen LogP contribution in [0.25, 0.3) is 0 Å². The van der Waals surface area contributed by atoms with E-state index in [0.717, 1.165) is 0 Å². The van der Waals surface area contributed by atoms with E-state index in [0.29, 0.717) is 17.3 Å². The van der Waals surface area contributed by atoms with E-state index in [1.165, 1.54) is 6.07 Å². The summed E-state index contributed by atoms with van der Waals surface area (Å²) >= 11 is 1.70. The molecule has 1 aromatic rings. The fourth-order valence-electron chi connectivity index (χ4n) is 1.09. The molecule has 0 bridgehead atoms. The summed E-state index contributed by atoms with van der Waals surface area (Å²) in [5.41, 5.74) is 0.758. The standard InChI is InChI=1S/C11H16N2O2S/c1-7-5-8(10(14)15)13-9(12-7)6-16-11(2,3)4/h5H,6H2,1-4H3,(H,14,15). The van der Waals surface area contributed by atoms with Crippen molar-refractivity contribution in [2.75, 3.05) is 0 Å². The average Bonchev–Trinajstić information content (AvgIpc) is 2.13. The third kappa shape index (κ3) is 4.18. The maximum atomic E-state index is 10.8. The van der Waals surface area contributed by atoms with Crippen molar-refractivity contribution in [2.24, 2.45) is 0 Å². The van der Waals surface area contributed by atoms with E-state index >= 15 is 0 Å². The lowest BCUT2D eigenvalue weighted by Gasteiger charge is -2.16. The number of carbonyl (C=O) groups is 1. The lowest BCUT2D eigenvalue weighted by Crippen LogP contribution is -2.10. The molecule has 1 aromatic heterocycles. The van der Waals surface area contributed by atoms with Gasteiger partial charge in [0.25, 0.3) is 0 Å². The molecule has 0 radical (unpaired) electrons. The Morgan fingerprint density at radius 3 is 2.56 bits per heavy atom. The van der Waals surface area contributed by atoms with E-state index in [9.17, 15) is 4.79 Å². The molecule has 0 spiro atoms. The van der Waals surface area contributed by atoms with E-state index in [2.05, 4.69) is 30.7 Å². The molecule has 5 heteroatoms. The number of aromatic carboxylic acids is 1. The zero-order chi connectivity index (χ0) is 12.3. The molecule has 16 heavy (non-hydrogen) atoms. The number of thioether (sulfide) groups is 1. The Kier molecular flexibility index (Phi) is 3.91. The van der Waals surface area contributed by atoms with Gasteiger partial charge in [-0.15, -0.1) is 11.8 Å². The molecule has 1 heterocycles. The van der Waals surface area contributed by atoms with E-state index in [-0.39, 0.29) is 10.4 Å². The summed E-state index contributed by atoms with van der Waals surface area (Å²) in [6.07, 6.45) is 0. The number of rotatable bonds is 3. The van der Waals surface area contributed by atoms with Crippen LogP contribution < -0.4 is 0 Å². The van der Waals surface area contributed by atoms with Crippen molar-refractivity contribution in [3.63, 3.8) is 0 Å². The van der Waals surface area contributed by atoms with Crippen LogP contribution >= 0.6 is 11.8 Å². The number of hydrogen-bond acceptors (Lipinski definition) is 4. The summed E-state index contributed by atoms with van der Waals surface area (Å²) in [5.74, 6) is 0.204. The number of carboxylic acid groups (broad SMARTS) is 1. The summed E-state index contributed by atoms with van der Waals surface area (Å²) in [5, 5.41) is 8.86. The summed E-state index contributed by atoms with van der Waals surface area (Å²) in [7, 11) is 0. The number of nitrogens with zero attached hydrogens (tertiary/aromatic N) is 2. The highest BCUT2D eigenvalue weighted by molar-refractivity contribution is 7.99. The minimum Gasteiger partial charge on any atom is -0.477 e. The van der Waals surface area contributed by atoms with Crippen LogP contribution in [-0.2, 0) is 5.75 Å². The zero-order valence-electron chi connectivity index (χ0n) is 9.94. The van der Waals surface area contributed by atoms with Crippen molar-refractivity contribution in [1.82, 2.24) is 9.97 Å². The van der Waals surface area contributed by atoms with Crippen LogP contribution in [-0.4, -0.2) is 25.8 Å². The van der Waals surface area contributed by atoms with E-state index in [1.807, 2.05) is 0 Å². The highest BCUT2D eigenvalue weighted by atomic mass is 32.2. The normalized spacial score (nSPS) is 11.5. The zero-order valence-corrected chi connectivity index (χ0v) is 10.8. The molecule has 0 saturated heterocycles. The van der Waals surface area contributed by atoms with Crippen molar-refractivity contribution in [3.8, 4) is 0 Å². The van der Waals surface area contributed by atoms with Crippen LogP contribution in [0.15, 0.2) is 6.07 Å². The van der Waals surface area contributed by atoms with Crippen molar-refractivity contribution in [1.29, 1.82) is 0 Å². The Hall–Kier alpha value is -1.10. The molecule has 88 valence electrons. The van der Waals surface area contributed by atoms with Gasteiger partial charge in [-0.1, -0.05) is 20.8 Å². The van der Waals surface area contributed by atoms with Gasteiger partial charge in [0, 0.05) is 10.4 Å². The number of hydrogen-bond donors (Lipinski definition) is 1. The molecule has 1 rings (SSSR count). The molecule has 0 aliphatic carbocycles. The highest BCUT2D eigenvalue weighted by Crippen LogP contribution is 2.25. The minimum atomic E-state index is -1.01. The predicted octanol–water partition coefficient (Wildman–Crippen LogP) is 2.51. The molecule has 0 aliphatic rings. The van der Waals surface area contributed by atoms with Gasteiger partial charge in [0.2, 0.25) is 0 Å². The third-order valence-corrected chi connectivity index (χ3v) is 3.02. The van der Waals surface area contributed by atoms with E-state index in [1.54, 1.807) is 18.7 Å². The van der Waals surface area contributed by atoms with Gasteiger partial charge in [-0.2, -0.15) is 0 Å². The molecule has 0 saturated carbocycles. The monoisotopic (exact) mass is 240 g/mol. The quantitative estimate of drug-likeness (QED) is 0.879. The first-order valence-electron chi connectivity index (χ1n) is 5.00. The van der Waals surface area contributed by atoms with Gasteiger partial charge in [-0.3, -0.25) is 0 Å². The molecular formula is C11H16N2O2S. The van der Waals surface area contributed by atoms with Gasteiger partial charge in [0.05, 0.1) is 5.75 Å². The Morgan fingerprint density at radius 1 is 1.44 bits per heavy atom. The molecule has 4 nitrogen and oxygen atoms in total. The van der Waals surface area contributed by atoms with Crippen LogP contribution in [0.3, 0.4) is 0 Å². The maximum Gasteiger partial charge on any atom is 0.354 e. The van der Waals surface area contributed by atoms with Crippen LogP contribution in [0.4, 0.5) is 0 Å². The molecule has 1 N–H and O–H groups in total. The second-order valence-electron chi connectivity index (χ2n) is 4.52. The van der Waals surface area contributed by atoms with Crippen molar-refractivity contribution >= 4 is 17.7 Å². The number of carboxylic acids is 1. The van der Waals surface area contributed by atoms with Crippen LogP contribution in [0.2, 0.25) is 0 Å². The molecule has 0 atom stereocenters. The van der Waals surface area contributed by atoms with Gasteiger partial charge in [0.15, 0.2) is 5.69 Å². The smallest absolute Gasteiger partial charge is 0.354 e. The summed E-state index contributed by atoms with van der Waals surface area (Å²) in [6.45, 7) is 8.09. The molecule has 0 fully saturated rings.